The molecule has 0 unspecified atom stereocenters. The maximum atomic E-state index is 12.6. The normalized spacial score (nSPS) is 18.5. The van der Waals surface area contributed by atoms with Gasteiger partial charge >= 0.3 is 0 Å². The number of anilines is 2. The Hall–Kier alpha value is -3.38. The molecule has 10 nitrogen and oxygen atoms in total. The van der Waals surface area contributed by atoms with Gasteiger partial charge in [0.25, 0.3) is 5.92 Å². The summed E-state index contributed by atoms with van der Waals surface area (Å²) in [6.07, 6.45) is 5.44. The molecule has 0 amide bonds. The fraction of sp³-hybridized carbons (Fsp3) is 0.400. The summed E-state index contributed by atoms with van der Waals surface area (Å²) in [7, 11) is 1.80. The minimum Gasteiger partial charge on any atom is -0.378 e. The molecule has 0 saturated carbocycles. The van der Waals surface area contributed by atoms with E-state index in [2.05, 4.69) is 25.5 Å². The zero-order chi connectivity index (χ0) is 22.3. The summed E-state index contributed by atoms with van der Waals surface area (Å²) in [6, 6.07) is 5.98. The average Bonchev–Trinajstić information content (AvgIpc) is 3.44. The van der Waals surface area contributed by atoms with Gasteiger partial charge in [-0.2, -0.15) is 10.1 Å². The number of hydrogen-bond acceptors (Lipinski definition) is 8. The van der Waals surface area contributed by atoms with Gasteiger partial charge < -0.3 is 15.8 Å². The summed E-state index contributed by atoms with van der Waals surface area (Å²) >= 11 is 0. The van der Waals surface area contributed by atoms with Crippen LogP contribution in [-0.2, 0) is 4.74 Å². The lowest BCUT2D eigenvalue weighted by atomic mass is 10.2. The van der Waals surface area contributed by atoms with Crippen molar-refractivity contribution in [2.75, 3.05) is 44.4 Å². The van der Waals surface area contributed by atoms with Crippen LogP contribution < -0.4 is 11.1 Å². The van der Waals surface area contributed by atoms with E-state index in [0.29, 0.717) is 25.6 Å². The summed E-state index contributed by atoms with van der Waals surface area (Å²) < 4.78 is 33.6. The maximum Gasteiger partial charge on any atom is 0.261 e. The third-order valence-corrected chi connectivity index (χ3v) is 5.63. The van der Waals surface area contributed by atoms with E-state index in [0.717, 1.165) is 22.4 Å². The monoisotopic (exact) mass is 443 g/mol. The first-order valence-corrected chi connectivity index (χ1v) is 10.3. The predicted molar refractivity (Wildman–Crippen MR) is 115 cm³/mol. The van der Waals surface area contributed by atoms with Gasteiger partial charge in [-0.1, -0.05) is 0 Å². The standard InChI is InChI=1S/C13H12N8.C7H11F2NO/c1-15-12-11-8(3-6-21(11)19-13(14)18-12)9-4-7-20-10(17-9)2-5-16-20;8-7(9)1-2-10(5-7)6-3-11-4-6/h2-7H,1H3,(H3,14,15,18,19);6H,1-5H2. The van der Waals surface area contributed by atoms with Crippen molar-refractivity contribution >= 4 is 22.9 Å². The quantitative estimate of drug-likeness (QED) is 0.493. The van der Waals surface area contributed by atoms with Crippen LogP contribution in [0.1, 0.15) is 6.42 Å². The van der Waals surface area contributed by atoms with E-state index in [4.69, 9.17) is 10.5 Å². The summed E-state index contributed by atoms with van der Waals surface area (Å²) in [5.41, 5.74) is 9.08. The van der Waals surface area contributed by atoms with Gasteiger partial charge in [0.1, 0.15) is 5.52 Å². The van der Waals surface area contributed by atoms with Gasteiger partial charge in [0.05, 0.1) is 37.7 Å². The lowest BCUT2D eigenvalue weighted by Crippen LogP contribution is -2.48. The zero-order valence-electron chi connectivity index (χ0n) is 17.4. The van der Waals surface area contributed by atoms with E-state index in [1.165, 1.54) is 0 Å². The van der Waals surface area contributed by atoms with Crippen LogP contribution in [0.5, 0.6) is 0 Å². The van der Waals surface area contributed by atoms with E-state index in [-0.39, 0.29) is 25.0 Å². The van der Waals surface area contributed by atoms with Gasteiger partial charge in [0, 0.05) is 44.0 Å². The second-order valence-electron chi connectivity index (χ2n) is 7.81. The molecular weight excluding hydrogens is 420 g/mol. The molecule has 12 heteroatoms. The van der Waals surface area contributed by atoms with Gasteiger partial charge in [-0.3, -0.25) is 4.90 Å². The van der Waals surface area contributed by atoms with Crippen molar-refractivity contribution in [2.24, 2.45) is 0 Å². The van der Waals surface area contributed by atoms with Crippen molar-refractivity contribution < 1.29 is 13.5 Å². The first-order chi connectivity index (χ1) is 15.4. The van der Waals surface area contributed by atoms with Crippen molar-refractivity contribution in [3.63, 3.8) is 0 Å². The van der Waals surface area contributed by atoms with Gasteiger partial charge in [0.2, 0.25) is 5.95 Å². The van der Waals surface area contributed by atoms with Crippen LogP contribution in [-0.4, -0.2) is 79.4 Å². The molecule has 2 aliphatic heterocycles. The third-order valence-electron chi connectivity index (χ3n) is 5.63. The van der Waals surface area contributed by atoms with Crippen molar-refractivity contribution in [3.8, 4) is 11.3 Å². The van der Waals surface area contributed by atoms with Gasteiger partial charge in [0.15, 0.2) is 11.5 Å². The molecule has 4 aromatic heterocycles. The number of alkyl halides is 2. The molecule has 0 radical (unpaired) electrons. The minimum atomic E-state index is -2.45. The summed E-state index contributed by atoms with van der Waals surface area (Å²) in [5.74, 6) is -1.57. The largest absolute Gasteiger partial charge is 0.378 e. The number of nitrogen functional groups attached to an aromatic ring is 1. The lowest BCUT2D eigenvalue weighted by molar-refractivity contribution is -0.0707. The number of rotatable bonds is 3. The Bertz CT molecular complexity index is 1250. The van der Waals surface area contributed by atoms with Gasteiger partial charge in [-0.05, 0) is 12.1 Å². The summed E-state index contributed by atoms with van der Waals surface area (Å²) in [6.45, 7) is 1.73. The molecule has 0 atom stereocenters. The highest BCUT2D eigenvalue weighted by atomic mass is 19.3. The Morgan fingerprint density at radius 3 is 2.66 bits per heavy atom. The van der Waals surface area contributed by atoms with Gasteiger partial charge in [-0.15, -0.1) is 5.10 Å². The highest BCUT2D eigenvalue weighted by Crippen LogP contribution is 2.30. The topological polar surface area (TPSA) is 111 Å². The molecule has 0 bridgehead atoms. The fourth-order valence-corrected chi connectivity index (χ4v) is 3.89. The first-order valence-electron chi connectivity index (χ1n) is 10.3. The molecule has 2 aliphatic rings. The van der Waals surface area contributed by atoms with Crippen molar-refractivity contribution in [1.29, 1.82) is 0 Å². The van der Waals surface area contributed by atoms with Crippen molar-refractivity contribution in [3.05, 3.63) is 36.8 Å². The molecule has 0 spiro atoms. The Balaban J connectivity index is 0.000000165. The predicted octanol–water partition coefficient (Wildman–Crippen LogP) is 1.79. The van der Waals surface area contributed by atoms with E-state index in [9.17, 15) is 8.78 Å². The molecule has 6 rings (SSSR count). The SMILES string of the molecule is CNc1nc(N)nn2ccc(-c3ccn4nccc4n3)c12.FC1(F)CCN(C2COC2)C1. The number of halogens is 2. The molecule has 4 aromatic rings. The Labute approximate surface area is 182 Å². The molecule has 168 valence electrons. The minimum absolute atomic E-state index is 0.0174. The first kappa shape index (κ1) is 20.5. The highest BCUT2D eigenvalue weighted by Gasteiger charge is 2.42. The smallest absolute Gasteiger partial charge is 0.261 e. The van der Waals surface area contributed by atoms with E-state index < -0.39 is 5.92 Å². The number of hydrogen-bond donors (Lipinski definition) is 2. The molecule has 6 heterocycles. The van der Waals surface area contributed by atoms with Crippen LogP contribution in [0.15, 0.2) is 36.8 Å². The molecule has 0 aliphatic carbocycles. The van der Waals surface area contributed by atoms with Crippen LogP contribution in [0.4, 0.5) is 20.5 Å². The Morgan fingerprint density at radius 1 is 1.16 bits per heavy atom. The van der Waals surface area contributed by atoms with Crippen LogP contribution in [0.2, 0.25) is 0 Å². The second kappa shape index (κ2) is 7.95. The van der Waals surface area contributed by atoms with E-state index >= 15 is 0 Å². The van der Waals surface area contributed by atoms with Crippen molar-refractivity contribution in [1.82, 2.24) is 34.1 Å². The number of ether oxygens (including phenoxy) is 1. The number of nitrogens with zero attached hydrogens (tertiary/aromatic N) is 7. The molecule has 2 fully saturated rings. The summed E-state index contributed by atoms with van der Waals surface area (Å²) in [4.78, 5) is 10.6. The van der Waals surface area contributed by atoms with Crippen molar-refractivity contribution in [2.45, 2.75) is 18.4 Å². The fourth-order valence-electron chi connectivity index (χ4n) is 3.89. The summed E-state index contributed by atoms with van der Waals surface area (Å²) in [5, 5.41) is 11.4. The number of nitrogens with two attached hydrogens (primary N) is 1. The molecule has 32 heavy (non-hydrogen) atoms. The van der Waals surface area contributed by atoms with Crippen LogP contribution in [0.3, 0.4) is 0 Å². The number of fused-ring (bicyclic) bond motifs is 2. The number of nitrogens with one attached hydrogen (secondary N) is 1. The average molecular weight is 443 g/mol. The molecule has 3 N–H and O–H groups in total. The van der Waals surface area contributed by atoms with Crippen LogP contribution in [0, 0.1) is 0 Å². The zero-order valence-corrected chi connectivity index (χ0v) is 17.4. The third kappa shape index (κ3) is 3.82. The second-order valence-corrected chi connectivity index (χ2v) is 7.81. The Morgan fingerprint density at radius 2 is 1.97 bits per heavy atom. The lowest BCUT2D eigenvalue weighted by Gasteiger charge is -2.34. The van der Waals surface area contributed by atoms with E-state index in [1.54, 1.807) is 22.3 Å². The van der Waals surface area contributed by atoms with Gasteiger partial charge in [-0.25, -0.2) is 22.8 Å². The van der Waals surface area contributed by atoms with E-state index in [1.807, 2.05) is 35.5 Å². The number of aromatic nitrogens is 6. The molecule has 0 aromatic carbocycles. The van der Waals surface area contributed by atoms with Crippen LogP contribution in [0.25, 0.3) is 22.4 Å². The number of likely N-dealkylation sites (tertiary alicyclic amines) is 1. The maximum absolute atomic E-state index is 12.6. The van der Waals surface area contributed by atoms with Crippen LogP contribution >= 0.6 is 0 Å². The molecular formula is C20H23F2N9O. The molecule has 2 saturated heterocycles. The Kier molecular flexibility index (Phi) is 5.10. The highest BCUT2D eigenvalue weighted by molar-refractivity contribution is 5.87.